The molecular formula is C12H18FNO. The first-order valence-electron chi connectivity index (χ1n) is 5.09. The number of ether oxygens (including phenoxy) is 1. The molecule has 1 atom stereocenters. The number of hydrogen-bond donors (Lipinski definition) is 1. The van der Waals surface area contributed by atoms with E-state index in [1.54, 1.807) is 7.11 Å². The molecule has 3 heteroatoms. The fourth-order valence-corrected chi connectivity index (χ4v) is 1.48. The molecule has 2 N–H and O–H groups in total. The molecular weight excluding hydrogens is 193 g/mol. The van der Waals surface area contributed by atoms with Gasteiger partial charge in [0.15, 0.2) is 0 Å². The van der Waals surface area contributed by atoms with E-state index in [1.165, 1.54) is 0 Å². The molecule has 0 saturated carbocycles. The average Bonchev–Trinajstić information content (AvgIpc) is 2.27. The van der Waals surface area contributed by atoms with Crippen LogP contribution in [0.5, 0.6) is 5.75 Å². The largest absolute Gasteiger partial charge is 0.496 e. The van der Waals surface area contributed by atoms with Crippen LogP contribution >= 0.6 is 0 Å². The Morgan fingerprint density at radius 1 is 1.40 bits per heavy atom. The van der Waals surface area contributed by atoms with Crippen molar-refractivity contribution in [2.24, 2.45) is 5.73 Å². The van der Waals surface area contributed by atoms with Gasteiger partial charge in [0.1, 0.15) is 12.4 Å². The maximum atomic E-state index is 12.5. The molecule has 0 unspecified atom stereocenters. The Bertz CT molecular complexity index is 325. The van der Waals surface area contributed by atoms with Crippen molar-refractivity contribution in [1.29, 1.82) is 0 Å². The second-order valence-electron chi connectivity index (χ2n) is 3.92. The van der Waals surface area contributed by atoms with Gasteiger partial charge < -0.3 is 10.5 Å². The lowest BCUT2D eigenvalue weighted by Gasteiger charge is -2.15. The van der Waals surface area contributed by atoms with Crippen LogP contribution in [-0.4, -0.2) is 13.8 Å². The SMILES string of the molecule is COc1ccc(C(C)C)cc1[C@@H](N)CF. The molecule has 0 heterocycles. The van der Waals surface area contributed by atoms with Crippen LogP contribution in [0.3, 0.4) is 0 Å². The van der Waals surface area contributed by atoms with Gasteiger partial charge in [-0.25, -0.2) is 4.39 Å². The fourth-order valence-electron chi connectivity index (χ4n) is 1.48. The molecule has 0 saturated heterocycles. The second-order valence-corrected chi connectivity index (χ2v) is 3.92. The van der Waals surface area contributed by atoms with E-state index >= 15 is 0 Å². The Hall–Kier alpha value is -1.09. The van der Waals surface area contributed by atoms with Gasteiger partial charge in [-0.1, -0.05) is 26.0 Å². The van der Waals surface area contributed by atoms with Gasteiger partial charge in [0, 0.05) is 5.56 Å². The highest BCUT2D eigenvalue weighted by Crippen LogP contribution is 2.28. The van der Waals surface area contributed by atoms with E-state index in [2.05, 4.69) is 13.8 Å². The average molecular weight is 211 g/mol. The van der Waals surface area contributed by atoms with Gasteiger partial charge in [-0.15, -0.1) is 0 Å². The summed E-state index contributed by atoms with van der Waals surface area (Å²) in [5.74, 6) is 1.06. The summed E-state index contributed by atoms with van der Waals surface area (Å²) in [6.45, 7) is 3.61. The standard InChI is InChI=1S/C12H18FNO/c1-8(2)9-4-5-12(15-3)10(6-9)11(14)7-13/h4-6,8,11H,7,14H2,1-3H3/t11-/m0/s1. The van der Waals surface area contributed by atoms with E-state index in [-0.39, 0.29) is 0 Å². The van der Waals surface area contributed by atoms with E-state index in [4.69, 9.17) is 10.5 Å². The predicted molar refractivity (Wildman–Crippen MR) is 60.0 cm³/mol. The van der Waals surface area contributed by atoms with Crippen LogP contribution in [0.2, 0.25) is 0 Å². The van der Waals surface area contributed by atoms with Gasteiger partial charge in [-0.3, -0.25) is 0 Å². The maximum absolute atomic E-state index is 12.5. The Balaban J connectivity index is 3.13. The van der Waals surface area contributed by atoms with Gasteiger partial charge in [-0.05, 0) is 17.5 Å². The van der Waals surface area contributed by atoms with Crippen LogP contribution in [0, 0.1) is 0 Å². The van der Waals surface area contributed by atoms with Crippen molar-refractivity contribution in [1.82, 2.24) is 0 Å². The minimum atomic E-state index is -0.598. The van der Waals surface area contributed by atoms with Crippen LogP contribution in [0.1, 0.15) is 36.9 Å². The molecule has 0 aromatic heterocycles. The van der Waals surface area contributed by atoms with E-state index in [0.717, 1.165) is 11.1 Å². The molecule has 0 amide bonds. The molecule has 0 spiro atoms. The third-order valence-corrected chi connectivity index (χ3v) is 2.49. The number of alkyl halides is 1. The molecule has 84 valence electrons. The molecule has 0 aliphatic rings. The first-order valence-corrected chi connectivity index (χ1v) is 5.09. The smallest absolute Gasteiger partial charge is 0.123 e. The highest BCUT2D eigenvalue weighted by Gasteiger charge is 2.13. The van der Waals surface area contributed by atoms with Gasteiger partial charge >= 0.3 is 0 Å². The summed E-state index contributed by atoms with van der Waals surface area (Å²) >= 11 is 0. The topological polar surface area (TPSA) is 35.2 Å². The Labute approximate surface area is 90.2 Å². The molecule has 1 aromatic carbocycles. The third-order valence-electron chi connectivity index (χ3n) is 2.49. The minimum Gasteiger partial charge on any atom is -0.496 e. The number of methoxy groups -OCH3 is 1. The number of halogens is 1. The lowest BCUT2D eigenvalue weighted by molar-refractivity contribution is 0.388. The molecule has 15 heavy (non-hydrogen) atoms. The summed E-state index contributed by atoms with van der Waals surface area (Å²) in [5, 5.41) is 0. The summed E-state index contributed by atoms with van der Waals surface area (Å²) in [4.78, 5) is 0. The minimum absolute atomic E-state index is 0.404. The molecule has 1 aromatic rings. The molecule has 0 aliphatic heterocycles. The van der Waals surface area contributed by atoms with Crippen LogP contribution in [0.25, 0.3) is 0 Å². The van der Waals surface area contributed by atoms with Crippen LogP contribution in [-0.2, 0) is 0 Å². The van der Waals surface area contributed by atoms with Crippen molar-refractivity contribution in [3.8, 4) is 5.75 Å². The van der Waals surface area contributed by atoms with E-state index < -0.39 is 12.7 Å². The zero-order valence-corrected chi connectivity index (χ0v) is 9.46. The molecule has 0 bridgehead atoms. The molecule has 0 fully saturated rings. The van der Waals surface area contributed by atoms with Crippen molar-refractivity contribution in [3.05, 3.63) is 29.3 Å². The van der Waals surface area contributed by atoms with Crippen molar-refractivity contribution >= 4 is 0 Å². The van der Waals surface area contributed by atoms with Crippen LogP contribution < -0.4 is 10.5 Å². The van der Waals surface area contributed by atoms with Gasteiger partial charge in [-0.2, -0.15) is 0 Å². The Morgan fingerprint density at radius 2 is 2.07 bits per heavy atom. The van der Waals surface area contributed by atoms with Gasteiger partial charge in [0.25, 0.3) is 0 Å². The number of rotatable bonds is 4. The lowest BCUT2D eigenvalue weighted by atomic mass is 9.97. The van der Waals surface area contributed by atoms with Crippen LogP contribution in [0.15, 0.2) is 18.2 Å². The molecule has 2 nitrogen and oxygen atoms in total. The third kappa shape index (κ3) is 2.69. The normalized spacial score (nSPS) is 12.9. The Kier molecular flexibility index (Phi) is 4.09. The number of nitrogens with two attached hydrogens (primary N) is 1. The summed E-state index contributed by atoms with van der Waals surface area (Å²) in [6.07, 6.45) is 0. The highest BCUT2D eigenvalue weighted by molar-refractivity contribution is 5.40. The first-order chi connectivity index (χ1) is 7.10. The summed E-state index contributed by atoms with van der Waals surface area (Å²) < 4.78 is 17.7. The number of hydrogen-bond acceptors (Lipinski definition) is 2. The first kappa shape index (κ1) is 12.0. The van der Waals surface area contributed by atoms with Gasteiger partial charge in [0.2, 0.25) is 0 Å². The summed E-state index contributed by atoms with van der Waals surface area (Å²) in [7, 11) is 1.57. The maximum Gasteiger partial charge on any atom is 0.123 e. The zero-order chi connectivity index (χ0) is 11.4. The van der Waals surface area contributed by atoms with Crippen molar-refractivity contribution in [2.45, 2.75) is 25.8 Å². The quantitative estimate of drug-likeness (QED) is 0.831. The van der Waals surface area contributed by atoms with Gasteiger partial charge in [0.05, 0.1) is 13.2 Å². The fraction of sp³-hybridized carbons (Fsp3) is 0.500. The van der Waals surface area contributed by atoms with Crippen molar-refractivity contribution < 1.29 is 9.13 Å². The zero-order valence-electron chi connectivity index (χ0n) is 9.46. The van der Waals surface area contributed by atoms with E-state index in [9.17, 15) is 4.39 Å². The van der Waals surface area contributed by atoms with Crippen molar-refractivity contribution in [2.75, 3.05) is 13.8 Å². The molecule has 0 aliphatic carbocycles. The monoisotopic (exact) mass is 211 g/mol. The predicted octanol–water partition coefficient (Wildman–Crippen LogP) is 2.79. The lowest BCUT2D eigenvalue weighted by Crippen LogP contribution is -2.14. The Morgan fingerprint density at radius 3 is 2.53 bits per heavy atom. The van der Waals surface area contributed by atoms with E-state index in [1.807, 2.05) is 18.2 Å². The summed E-state index contributed by atoms with van der Waals surface area (Å²) in [6, 6.07) is 5.16. The highest BCUT2D eigenvalue weighted by atomic mass is 19.1. The summed E-state index contributed by atoms with van der Waals surface area (Å²) in [5.41, 5.74) is 7.57. The molecule has 1 rings (SSSR count). The van der Waals surface area contributed by atoms with Crippen LogP contribution in [0.4, 0.5) is 4.39 Å². The van der Waals surface area contributed by atoms with Crippen molar-refractivity contribution in [3.63, 3.8) is 0 Å². The van der Waals surface area contributed by atoms with E-state index in [0.29, 0.717) is 11.7 Å². The molecule has 0 radical (unpaired) electrons. The number of benzene rings is 1. The second kappa shape index (κ2) is 5.12.